The molecule has 0 saturated heterocycles. The molecule has 4 rings (SSSR count). The van der Waals surface area contributed by atoms with Crippen molar-refractivity contribution in [3.8, 4) is 22.3 Å². The third-order valence-corrected chi connectivity index (χ3v) is 7.14. The molecule has 0 N–H and O–H groups in total. The number of benzene rings is 2. The molecule has 5 nitrogen and oxygen atoms in total. The van der Waals surface area contributed by atoms with Crippen molar-refractivity contribution in [3.05, 3.63) is 93.8 Å². The number of para-hydroxylation sites is 1. The number of sulfone groups is 1. The Morgan fingerprint density at radius 2 is 1.80 bits per heavy atom. The minimum absolute atomic E-state index is 0.00725. The van der Waals surface area contributed by atoms with E-state index in [0.29, 0.717) is 16.3 Å². The van der Waals surface area contributed by atoms with Crippen LogP contribution in [0.4, 0.5) is 0 Å². The zero-order chi connectivity index (χ0) is 21.1. The van der Waals surface area contributed by atoms with E-state index < -0.39 is 9.84 Å². The minimum Gasteiger partial charge on any atom is -0.240 e. The lowest BCUT2D eigenvalue weighted by Crippen LogP contribution is -2.03. The summed E-state index contributed by atoms with van der Waals surface area (Å²) in [7, 11) is -4.00. The topological polar surface area (TPSA) is 75.8 Å². The van der Waals surface area contributed by atoms with Gasteiger partial charge >= 0.3 is 0 Å². The standard InChI is InChI=1S/C22H14ClN3O2S2/c23-17-8-10-19(11-9-17)30(27,28)20(14-24)13-16-15-26(18-5-2-1-3-6-18)25-22(16)21-7-4-12-29-21/h1-13,15H. The van der Waals surface area contributed by atoms with E-state index in [2.05, 4.69) is 5.10 Å². The number of rotatable bonds is 5. The average Bonchev–Trinajstić information content (AvgIpc) is 3.42. The van der Waals surface area contributed by atoms with E-state index in [1.165, 1.54) is 41.7 Å². The van der Waals surface area contributed by atoms with E-state index in [1.807, 2.05) is 53.9 Å². The van der Waals surface area contributed by atoms with Crippen molar-refractivity contribution in [3.63, 3.8) is 0 Å². The van der Waals surface area contributed by atoms with Gasteiger partial charge in [0.15, 0.2) is 0 Å². The van der Waals surface area contributed by atoms with Gasteiger partial charge in [0.1, 0.15) is 16.7 Å². The first-order chi connectivity index (χ1) is 14.5. The zero-order valence-electron chi connectivity index (χ0n) is 15.4. The summed E-state index contributed by atoms with van der Waals surface area (Å²) in [6, 6.07) is 20.8. The van der Waals surface area contributed by atoms with Crippen LogP contribution in [0, 0.1) is 11.3 Å². The Morgan fingerprint density at radius 3 is 2.43 bits per heavy atom. The van der Waals surface area contributed by atoms with Crippen LogP contribution in [0.3, 0.4) is 0 Å². The number of hydrogen-bond acceptors (Lipinski definition) is 5. The fraction of sp³-hybridized carbons (Fsp3) is 0. The lowest BCUT2D eigenvalue weighted by molar-refractivity contribution is 0.603. The summed E-state index contributed by atoms with van der Waals surface area (Å²) in [5.74, 6) is 0. The molecule has 2 aromatic heterocycles. The van der Waals surface area contributed by atoms with Crippen LogP contribution in [-0.4, -0.2) is 18.2 Å². The van der Waals surface area contributed by atoms with Crippen molar-refractivity contribution >= 4 is 38.9 Å². The maximum Gasteiger partial charge on any atom is 0.216 e. The van der Waals surface area contributed by atoms with E-state index in [1.54, 1.807) is 10.9 Å². The van der Waals surface area contributed by atoms with Gasteiger partial charge < -0.3 is 0 Å². The molecule has 0 amide bonds. The second-order valence-electron chi connectivity index (χ2n) is 6.27. The Labute approximate surface area is 183 Å². The number of nitriles is 1. The molecule has 2 aromatic carbocycles. The molecule has 0 aliphatic rings. The number of allylic oxidation sites excluding steroid dienone is 1. The Bertz CT molecular complexity index is 1350. The molecule has 0 bridgehead atoms. The van der Waals surface area contributed by atoms with Gasteiger partial charge in [-0.25, -0.2) is 13.1 Å². The van der Waals surface area contributed by atoms with Crippen LogP contribution in [0.2, 0.25) is 5.02 Å². The Hall–Kier alpha value is -3.18. The van der Waals surface area contributed by atoms with E-state index in [0.717, 1.165) is 10.6 Å². The Balaban J connectivity index is 1.86. The zero-order valence-corrected chi connectivity index (χ0v) is 17.8. The molecule has 0 saturated carbocycles. The predicted molar refractivity (Wildman–Crippen MR) is 119 cm³/mol. The molecule has 0 unspecified atom stereocenters. The summed E-state index contributed by atoms with van der Waals surface area (Å²) < 4.78 is 27.7. The highest BCUT2D eigenvalue weighted by atomic mass is 35.5. The van der Waals surface area contributed by atoms with E-state index in [9.17, 15) is 13.7 Å². The van der Waals surface area contributed by atoms with Crippen LogP contribution in [0.15, 0.2) is 88.1 Å². The van der Waals surface area contributed by atoms with Gasteiger partial charge in [-0.2, -0.15) is 10.4 Å². The molecule has 0 fully saturated rings. The molecule has 30 heavy (non-hydrogen) atoms. The summed E-state index contributed by atoms with van der Waals surface area (Å²) in [4.78, 5) is 0.514. The van der Waals surface area contributed by atoms with Crippen molar-refractivity contribution in [2.45, 2.75) is 4.90 Å². The number of thiophene rings is 1. The van der Waals surface area contributed by atoms with Crippen LogP contribution >= 0.6 is 22.9 Å². The highest BCUT2D eigenvalue weighted by Gasteiger charge is 2.22. The summed E-state index contributed by atoms with van der Waals surface area (Å²) in [5, 5.41) is 16.6. The second kappa shape index (κ2) is 8.28. The lowest BCUT2D eigenvalue weighted by Gasteiger charge is -2.03. The van der Waals surface area contributed by atoms with E-state index >= 15 is 0 Å². The number of hydrogen-bond donors (Lipinski definition) is 0. The van der Waals surface area contributed by atoms with Crippen LogP contribution in [-0.2, 0) is 9.84 Å². The van der Waals surface area contributed by atoms with Crippen molar-refractivity contribution in [2.75, 3.05) is 0 Å². The molecule has 4 aromatic rings. The molecule has 0 aliphatic heterocycles. The van der Waals surface area contributed by atoms with Crippen molar-refractivity contribution in [1.29, 1.82) is 5.26 Å². The molecule has 0 aliphatic carbocycles. The van der Waals surface area contributed by atoms with E-state index in [4.69, 9.17) is 11.6 Å². The van der Waals surface area contributed by atoms with Crippen LogP contribution in [0.1, 0.15) is 5.56 Å². The van der Waals surface area contributed by atoms with Gasteiger partial charge in [-0.05, 0) is 53.9 Å². The number of nitrogens with zero attached hydrogens (tertiary/aromatic N) is 3. The molecule has 148 valence electrons. The molecule has 8 heteroatoms. The second-order valence-corrected chi connectivity index (χ2v) is 9.57. The van der Waals surface area contributed by atoms with Crippen molar-refractivity contribution in [1.82, 2.24) is 9.78 Å². The molecule has 2 heterocycles. The fourth-order valence-corrected chi connectivity index (χ4v) is 4.87. The number of halogens is 1. The highest BCUT2D eigenvalue weighted by molar-refractivity contribution is 7.95. The molecule has 0 radical (unpaired) electrons. The number of aromatic nitrogens is 2. The maximum absolute atomic E-state index is 13.0. The van der Waals surface area contributed by atoms with Gasteiger partial charge in [0, 0.05) is 16.8 Å². The average molecular weight is 452 g/mol. The fourth-order valence-electron chi connectivity index (χ4n) is 2.86. The third-order valence-electron chi connectivity index (χ3n) is 4.33. The normalized spacial score (nSPS) is 11.9. The Kier molecular flexibility index (Phi) is 5.55. The van der Waals surface area contributed by atoms with Gasteiger partial charge in [-0.3, -0.25) is 0 Å². The molecular formula is C22H14ClN3O2S2. The molecule has 0 spiro atoms. The maximum atomic E-state index is 13.0. The molecular weight excluding hydrogens is 438 g/mol. The smallest absolute Gasteiger partial charge is 0.216 e. The van der Waals surface area contributed by atoms with E-state index in [-0.39, 0.29) is 9.80 Å². The van der Waals surface area contributed by atoms with Crippen molar-refractivity contribution in [2.24, 2.45) is 0 Å². The predicted octanol–water partition coefficient (Wildman–Crippen LogP) is 5.59. The van der Waals surface area contributed by atoms with Crippen LogP contribution < -0.4 is 0 Å². The van der Waals surface area contributed by atoms with Gasteiger partial charge in [0.25, 0.3) is 0 Å². The van der Waals surface area contributed by atoms with Crippen molar-refractivity contribution < 1.29 is 8.42 Å². The Morgan fingerprint density at radius 1 is 1.07 bits per heavy atom. The SMILES string of the molecule is N#CC(=Cc1cn(-c2ccccc2)nc1-c1cccs1)S(=O)(=O)c1ccc(Cl)cc1. The van der Waals surface area contributed by atoms with Gasteiger partial charge in [-0.15, -0.1) is 11.3 Å². The highest BCUT2D eigenvalue weighted by Crippen LogP contribution is 2.31. The first-order valence-electron chi connectivity index (χ1n) is 8.80. The quantitative estimate of drug-likeness (QED) is 0.370. The summed E-state index contributed by atoms with van der Waals surface area (Å²) in [6.45, 7) is 0. The van der Waals surface area contributed by atoms with Crippen LogP contribution in [0.5, 0.6) is 0 Å². The monoisotopic (exact) mass is 451 g/mol. The summed E-state index contributed by atoms with van der Waals surface area (Å²) in [5.41, 5.74) is 1.97. The third kappa shape index (κ3) is 3.94. The largest absolute Gasteiger partial charge is 0.240 e. The van der Waals surface area contributed by atoms with Gasteiger partial charge in [0.05, 0.1) is 15.5 Å². The molecule has 0 atom stereocenters. The first-order valence-corrected chi connectivity index (χ1v) is 11.5. The summed E-state index contributed by atoms with van der Waals surface area (Å²) in [6.07, 6.45) is 3.09. The van der Waals surface area contributed by atoms with Gasteiger partial charge in [-0.1, -0.05) is 35.9 Å². The first kappa shape index (κ1) is 20.1. The lowest BCUT2D eigenvalue weighted by atomic mass is 10.2. The summed E-state index contributed by atoms with van der Waals surface area (Å²) >= 11 is 7.35. The van der Waals surface area contributed by atoms with Crippen LogP contribution in [0.25, 0.3) is 22.3 Å². The minimum atomic E-state index is -4.00. The van der Waals surface area contributed by atoms with Gasteiger partial charge in [0.2, 0.25) is 9.84 Å².